The van der Waals surface area contributed by atoms with Crippen LogP contribution in [0.2, 0.25) is 0 Å². The molecule has 154 valence electrons. The molecule has 2 saturated heterocycles. The van der Waals surface area contributed by atoms with E-state index in [1.807, 2.05) is 23.1 Å². The number of benzene rings is 1. The molecule has 1 aromatic carbocycles. The summed E-state index contributed by atoms with van der Waals surface area (Å²) in [6, 6.07) is 10.1. The number of carbonyl (C=O) groups is 2. The highest BCUT2D eigenvalue weighted by atomic mass is 79.9. The Morgan fingerprint density at radius 3 is 2.43 bits per heavy atom. The number of carbonyl (C=O) groups excluding carboxylic acids is 2. The van der Waals surface area contributed by atoms with Gasteiger partial charge in [0.1, 0.15) is 6.04 Å². The van der Waals surface area contributed by atoms with Gasteiger partial charge in [0.25, 0.3) is 0 Å². The van der Waals surface area contributed by atoms with E-state index in [-0.39, 0.29) is 28.7 Å². The fourth-order valence-corrected chi connectivity index (χ4v) is 4.83. The van der Waals surface area contributed by atoms with Crippen LogP contribution >= 0.6 is 15.9 Å². The maximum atomic E-state index is 12.5. The van der Waals surface area contributed by atoms with Crippen molar-refractivity contribution in [3.8, 4) is 0 Å². The lowest BCUT2D eigenvalue weighted by atomic mass is 9.99. The molecule has 28 heavy (non-hydrogen) atoms. The number of piperazine rings is 1. The van der Waals surface area contributed by atoms with Crippen molar-refractivity contribution in [2.75, 3.05) is 37.6 Å². The van der Waals surface area contributed by atoms with Gasteiger partial charge < -0.3 is 15.1 Å². The molecule has 3 atom stereocenters. The van der Waals surface area contributed by atoms with Crippen LogP contribution in [0.15, 0.2) is 30.3 Å². The molecule has 3 rings (SSSR count). The summed E-state index contributed by atoms with van der Waals surface area (Å²) in [6.07, 6.45) is 0.331. The highest BCUT2D eigenvalue weighted by Gasteiger charge is 2.39. The number of amides is 2. The molecule has 0 spiro atoms. The van der Waals surface area contributed by atoms with Crippen molar-refractivity contribution in [2.24, 2.45) is 5.92 Å². The average Bonchev–Trinajstić information content (AvgIpc) is 3.10. The molecule has 0 saturated carbocycles. The molecule has 2 aliphatic rings. The van der Waals surface area contributed by atoms with E-state index in [0.717, 1.165) is 26.2 Å². The van der Waals surface area contributed by atoms with E-state index in [0.29, 0.717) is 18.9 Å². The molecule has 0 aliphatic carbocycles. The van der Waals surface area contributed by atoms with Gasteiger partial charge in [0, 0.05) is 50.9 Å². The summed E-state index contributed by atoms with van der Waals surface area (Å²) in [4.78, 5) is 29.1. The van der Waals surface area contributed by atoms with E-state index in [1.54, 1.807) is 0 Å². The minimum absolute atomic E-state index is 0.0225. The number of alkyl halides is 1. The van der Waals surface area contributed by atoms with E-state index in [9.17, 15) is 9.59 Å². The van der Waals surface area contributed by atoms with Gasteiger partial charge in [0.2, 0.25) is 11.8 Å². The zero-order chi connectivity index (χ0) is 20.1. The molecule has 2 aliphatic heterocycles. The van der Waals surface area contributed by atoms with E-state index in [4.69, 9.17) is 0 Å². The first-order valence-electron chi connectivity index (χ1n) is 9.98. The SMILES string of the molecule is CC(C)C1NNC(C(=O)NCCC(=O)N2CCN(c3ccccc3)CC2)C1Br. The lowest BCUT2D eigenvalue weighted by Crippen LogP contribution is -2.50. The van der Waals surface area contributed by atoms with Crippen molar-refractivity contribution in [2.45, 2.75) is 37.2 Å². The standard InChI is InChI=1S/C20H30BrN5O2/c1-14(2)18-17(21)19(24-23-18)20(28)22-9-8-16(27)26-12-10-25(11-13-26)15-6-4-3-5-7-15/h3-7,14,17-19,23-24H,8-13H2,1-2H3,(H,22,28). The zero-order valence-electron chi connectivity index (χ0n) is 16.5. The summed E-state index contributed by atoms with van der Waals surface area (Å²) in [5.74, 6) is 0.422. The van der Waals surface area contributed by atoms with E-state index < -0.39 is 0 Å². The van der Waals surface area contributed by atoms with Crippen molar-refractivity contribution in [1.29, 1.82) is 0 Å². The average molecular weight is 452 g/mol. The van der Waals surface area contributed by atoms with Crippen LogP contribution in [0.1, 0.15) is 20.3 Å². The molecule has 7 nitrogen and oxygen atoms in total. The van der Waals surface area contributed by atoms with Crippen LogP contribution in [0.5, 0.6) is 0 Å². The molecule has 1 aromatic rings. The van der Waals surface area contributed by atoms with Gasteiger partial charge in [-0.05, 0) is 18.1 Å². The summed E-state index contributed by atoms with van der Waals surface area (Å²) >= 11 is 3.61. The first-order valence-corrected chi connectivity index (χ1v) is 10.9. The monoisotopic (exact) mass is 451 g/mol. The van der Waals surface area contributed by atoms with E-state index >= 15 is 0 Å². The zero-order valence-corrected chi connectivity index (χ0v) is 18.1. The second-order valence-electron chi connectivity index (χ2n) is 7.72. The van der Waals surface area contributed by atoms with E-state index in [1.165, 1.54) is 5.69 Å². The number of rotatable bonds is 6. The number of hydrogen-bond acceptors (Lipinski definition) is 5. The van der Waals surface area contributed by atoms with Crippen LogP contribution in [-0.2, 0) is 9.59 Å². The summed E-state index contributed by atoms with van der Waals surface area (Å²) in [5.41, 5.74) is 7.42. The van der Waals surface area contributed by atoms with Crippen LogP contribution in [0, 0.1) is 5.92 Å². The Bertz CT molecular complexity index is 664. The fraction of sp³-hybridized carbons (Fsp3) is 0.600. The van der Waals surface area contributed by atoms with Crippen molar-refractivity contribution in [1.82, 2.24) is 21.1 Å². The molecule has 8 heteroatoms. The van der Waals surface area contributed by atoms with Gasteiger partial charge in [-0.1, -0.05) is 48.0 Å². The minimum atomic E-state index is -0.336. The largest absolute Gasteiger partial charge is 0.368 e. The predicted octanol–water partition coefficient (Wildman–Crippen LogP) is 1.11. The van der Waals surface area contributed by atoms with Crippen molar-refractivity contribution >= 4 is 33.4 Å². The summed E-state index contributed by atoms with van der Waals surface area (Å²) in [7, 11) is 0. The first-order chi connectivity index (χ1) is 13.5. The molecule has 2 fully saturated rings. The molecule has 0 aromatic heterocycles. The number of para-hydroxylation sites is 1. The summed E-state index contributed by atoms with van der Waals surface area (Å²) in [6.45, 7) is 7.70. The summed E-state index contributed by atoms with van der Waals surface area (Å²) < 4.78 is 0. The quantitative estimate of drug-likeness (QED) is 0.564. The lowest BCUT2D eigenvalue weighted by molar-refractivity contribution is -0.131. The topological polar surface area (TPSA) is 76.7 Å². The third kappa shape index (κ3) is 5.04. The Labute approximate surface area is 175 Å². The number of anilines is 1. The third-order valence-electron chi connectivity index (χ3n) is 5.46. The maximum absolute atomic E-state index is 12.5. The second-order valence-corrected chi connectivity index (χ2v) is 8.78. The van der Waals surface area contributed by atoms with Gasteiger partial charge >= 0.3 is 0 Å². The maximum Gasteiger partial charge on any atom is 0.239 e. The number of nitrogens with one attached hydrogen (secondary N) is 3. The number of halogens is 1. The number of nitrogens with zero attached hydrogens (tertiary/aromatic N) is 2. The van der Waals surface area contributed by atoms with Crippen molar-refractivity contribution in [3.63, 3.8) is 0 Å². The lowest BCUT2D eigenvalue weighted by Gasteiger charge is -2.36. The first kappa shape index (κ1) is 21.1. The third-order valence-corrected chi connectivity index (χ3v) is 6.56. The highest BCUT2D eigenvalue weighted by Crippen LogP contribution is 2.21. The molecule has 0 radical (unpaired) electrons. The predicted molar refractivity (Wildman–Crippen MR) is 114 cm³/mol. The molecule has 2 heterocycles. The second kappa shape index (κ2) is 9.71. The van der Waals surface area contributed by atoms with Gasteiger partial charge in [-0.3, -0.25) is 15.0 Å². The van der Waals surface area contributed by atoms with E-state index in [2.05, 4.69) is 63.0 Å². The van der Waals surface area contributed by atoms with Crippen LogP contribution in [-0.4, -0.2) is 66.3 Å². The molecule has 3 unspecified atom stereocenters. The fourth-order valence-electron chi connectivity index (χ4n) is 3.71. The molecule has 0 bridgehead atoms. The molecular formula is C20H30BrN5O2. The van der Waals surface area contributed by atoms with Crippen LogP contribution < -0.4 is 21.1 Å². The Morgan fingerprint density at radius 2 is 1.82 bits per heavy atom. The van der Waals surface area contributed by atoms with Gasteiger partial charge in [-0.2, -0.15) is 0 Å². The normalized spacial score (nSPS) is 25.2. The van der Waals surface area contributed by atoms with Gasteiger partial charge in [-0.15, -0.1) is 0 Å². The van der Waals surface area contributed by atoms with Crippen molar-refractivity contribution < 1.29 is 9.59 Å². The Balaban J connectivity index is 1.38. The number of hydrogen-bond donors (Lipinski definition) is 3. The van der Waals surface area contributed by atoms with Gasteiger partial charge in [0.05, 0.1) is 4.83 Å². The van der Waals surface area contributed by atoms with Gasteiger partial charge in [-0.25, -0.2) is 5.43 Å². The van der Waals surface area contributed by atoms with Crippen molar-refractivity contribution in [3.05, 3.63) is 30.3 Å². The minimum Gasteiger partial charge on any atom is -0.368 e. The Kier molecular flexibility index (Phi) is 7.31. The Hall–Kier alpha value is -1.64. The molecule has 3 N–H and O–H groups in total. The number of hydrazine groups is 1. The highest BCUT2D eigenvalue weighted by molar-refractivity contribution is 9.09. The molecule has 2 amide bonds. The van der Waals surface area contributed by atoms with Gasteiger partial charge in [0.15, 0.2) is 0 Å². The van der Waals surface area contributed by atoms with Crippen LogP contribution in [0.3, 0.4) is 0 Å². The summed E-state index contributed by atoms with van der Waals surface area (Å²) in [5, 5.41) is 2.89. The van der Waals surface area contributed by atoms with Crippen LogP contribution in [0.25, 0.3) is 0 Å². The van der Waals surface area contributed by atoms with Crippen LogP contribution in [0.4, 0.5) is 5.69 Å². The smallest absolute Gasteiger partial charge is 0.239 e. The Morgan fingerprint density at radius 1 is 1.14 bits per heavy atom. The molecular weight excluding hydrogens is 422 g/mol.